The molecule has 0 aliphatic heterocycles. The summed E-state index contributed by atoms with van der Waals surface area (Å²) < 4.78 is 16.0. The summed E-state index contributed by atoms with van der Waals surface area (Å²) >= 11 is 0. The fraction of sp³-hybridized carbons (Fsp3) is 0.333. The van der Waals surface area contributed by atoms with E-state index in [1.165, 1.54) is 24.6 Å². The molecule has 0 amide bonds. The van der Waals surface area contributed by atoms with Crippen molar-refractivity contribution in [2.24, 2.45) is 0 Å². The summed E-state index contributed by atoms with van der Waals surface area (Å²) in [5.74, 6) is -0.414. The third-order valence-corrected chi connectivity index (χ3v) is 3.65. The zero-order chi connectivity index (χ0) is 13.2. The minimum Gasteiger partial charge on any atom is -0.330 e. The standard InChI is InChI=1S/C15H14FN3/c16-15-11(8-17)4-3-5-12(15)9-19-10-18-13-6-1-2-7-14(13)19/h3-5,10H,1-2,6-7,9H2. The number of fused-ring (bicyclic) bond motifs is 1. The molecule has 0 radical (unpaired) electrons. The van der Waals surface area contributed by atoms with Crippen molar-refractivity contribution in [3.8, 4) is 6.07 Å². The Morgan fingerprint density at radius 1 is 1.32 bits per heavy atom. The monoisotopic (exact) mass is 255 g/mol. The summed E-state index contributed by atoms with van der Waals surface area (Å²) in [6.07, 6.45) is 6.16. The molecule has 19 heavy (non-hydrogen) atoms. The van der Waals surface area contributed by atoms with E-state index in [2.05, 4.69) is 4.98 Å². The molecular formula is C15H14FN3. The SMILES string of the molecule is N#Cc1cccc(Cn2cnc3c2CCCC3)c1F. The number of benzene rings is 1. The molecule has 0 N–H and O–H groups in total. The molecule has 3 rings (SSSR count). The molecule has 1 aliphatic carbocycles. The van der Waals surface area contributed by atoms with Crippen LogP contribution in [0.2, 0.25) is 0 Å². The highest BCUT2D eigenvalue weighted by Crippen LogP contribution is 2.22. The molecule has 0 unspecified atom stereocenters. The van der Waals surface area contributed by atoms with Crippen molar-refractivity contribution in [2.75, 3.05) is 0 Å². The summed E-state index contributed by atoms with van der Waals surface area (Å²) in [5, 5.41) is 8.85. The predicted octanol–water partition coefficient (Wildman–Crippen LogP) is 2.82. The summed E-state index contributed by atoms with van der Waals surface area (Å²) in [7, 11) is 0. The molecule has 1 heterocycles. The van der Waals surface area contributed by atoms with Crippen LogP contribution in [-0.4, -0.2) is 9.55 Å². The quantitative estimate of drug-likeness (QED) is 0.828. The van der Waals surface area contributed by atoms with Crippen LogP contribution < -0.4 is 0 Å². The summed E-state index contributed by atoms with van der Waals surface area (Å²) in [6.45, 7) is 0.448. The number of aryl methyl sites for hydroxylation is 1. The van der Waals surface area contributed by atoms with E-state index < -0.39 is 5.82 Å². The van der Waals surface area contributed by atoms with E-state index >= 15 is 0 Å². The van der Waals surface area contributed by atoms with Crippen LogP contribution in [0.3, 0.4) is 0 Å². The maximum Gasteiger partial charge on any atom is 0.145 e. The molecule has 0 atom stereocenters. The van der Waals surface area contributed by atoms with Crippen molar-refractivity contribution in [2.45, 2.75) is 32.2 Å². The number of rotatable bonds is 2. The van der Waals surface area contributed by atoms with Gasteiger partial charge in [0.1, 0.15) is 11.9 Å². The maximum absolute atomic E-state index is 14.0. The van der Waals surface area contributed by atoms with Crippen LogP contribution >= 0.6 is 0 Å². The topological polar surface area (TPSA) is 41.6 Å². The first-order valence-electron chi connectivity index (χ1n) is 6.50. The van der Waals surface area contributed by atoms with E-state index in [0.717, 1.165) is 18.5 Å². The number of nitrogens with zero attached hydrogens (tertiary/aromatic N) is 3. The first-order chi connectivity index (χ1) is 9.29. The summed E-state index contributed by atoms with van der Waals surface area (Å²) in [6, 6.07) is 6.83. The van der Waals surface area contributed by atoms with Gasteiger partial charge in [-0.1, -0.05) is 12.1 Å². The van der Waals surface area contributed by atoms with Crippen molar-refractivity contribution >= 4 is 0 Å². The Hall–Kier alpha value is -2.15. The molecule has 0 fully saturated rings. The highest BCUT2D eigenvalue weighted by atomic mass is 19.1. The molecule has 96 valence electrons. The van der Waals surface area contributed by atoms with E-state index in [1.807, 2.05) is 10.6 Å². The lowest BCUT2D eigenvalue weighted by Gasteiger charge is -2.14. The number of halogens is 1. The molecule has 4 heteroatoms. The van der Waals surface area contributed by atoms with Crippen LogP contribution in [0.5, 0.6) is 0 Å². The number of hydrogen-bond acceptors (Lipinski definition) is 2. The van der Waals surface area contributed by atoms with E-state index in [1.54, 1.807) is 18.5 Å². The van der Waals surface area contributed by atoms with Crippen molar-refractivity contribution in [3.05, 3.63) is 52.9 Å². The fourth-order valence-corrected chi connectivity index (χ4v) is 2.64. The molecular weight excluding hydrogens is 241 g/mol. The Bertz CT molecular complexity index is 652. The van der Waals surface area contributed by atoms with Gasteiger partial charge in [0.15, 0.2) is 0 Å². The molecule has 3 nitrogen and oxygen atoms in total. The van der Waals surface area contributed by atoms with Crippen LogP contribution in [0, 0.1) is 17.1 Å². The minimum atomic E-state index is -0.414. The van der Waals surface area contributed by atoms with Crippen molar-refractivity contribution < 1.29 is 4.39 Å². The van der Waals surface area contributed by atoms with Crippen LogP contribution in [0.25, 0.3) is 0 Å². The van der Waals surface area contributed by atoms with Gasteiger partial charge < -0.3 is 4.57 Å². The average Bonchev–Trinajstić information content (AvgIpc) is 2.85. The third-order valence-electron chi connectivity index (χ3n) is 3.65. The Labute approximate surface area is 111 Å². The van der Waals surface area contributed by atoms with Crippen molar-refractivity contribution in [1.29, 1.82) is 5.26 Å². The lowest BCUT2D eigenvalue weighted by atomic mass is 10.0. The van der Waals surface area contributed by atoms with Gasteiger partial charge in [0.05, 0.1) is 24.1 Å². The fourth-order valence-electron chi connectivity index (χ4n) is 2.64. The molecule has 1 aromatic carbocycles. The number of imidazole rings is 1. The first-order valence-corrected chi connectivity index (χ1v) is 6.50. The Morgan fingerprint density at radius 3 is 3.00 bits per heavy atom. The Balaban J connectivity index is 1.94. The molecule has 1 aromatic heterocycles. The highest BCUT2D eigenvalue weighted by Gasteiger charge is 2.16. The predicted molar refractivity (Wildman–Crippen MR) is 69.1 cm³/mol. The minimum absolute atomic E-state index is 0.103. The number of nitriles is 1. The smallest absolute Gasteiger partial charge is 0.145 e. The number of aromatic nitrogens is 2. The third kappa shape index (κ3) is 2.12. The molecule has 1 aliphatic rings. The largest absolute Gasteiger partial charge is 0.330 e. The summed E-state index contributed by atoms with van der Waals surface area (Å²) in [4.78, 5) is 4.40. The Kier molecular flexibility index (Phi) is 3.04. The van der Waals surface area contributed by atoms with Gasteiger partial charge >= 0.3 is 0 Å². The molecule has 0 bridgehead atoms. The van der Waals surface area contributed by atoms with Crippen LogP contribution in [0.1, 0.15) is 35.4 Å². The molecule has 0 spiro atoms. The first kappa shape index (κ1) is 11.9. The van der Waals surface area contributed by atoms with Crippen LogP contribution in [0.15, 0.2) is 24.5 Å². The van der Waals surface area contributed by atoms with E-state index in [4.69, 9.17) is 5.26 Å². The highest BCUT2D eigenvalue weighted by molar-refractivity contribution is 5.35. The van der Waals surface area contributed by atoms with Crippen LogP contribution in [-0.2, 0) is 19.4 Å². The van der Waals surface area contributed by atoms with Gasteiger partial charge in [0.2, 0.25) is 0 Å². The van der Waals surface area contributed by atoms with Gasteiger partial charge in [-0.15, -0.1) is 0 Å². The van der Waals surface area contributed by atoms with Gasteiger partial charge in [-0.05, 0) is 31.7 Å². The normalized spacial score (nSPS) is 13.9. The second kappa shape index (κ2) is 4.85. The van der Waals surface area contributed by atoms with Crippen molar-refractivity contribution in [3.63, 3.8) is 0 Å². The lowest BCUT2D eigenvalue weighted by Crippen LogP contribution is -2.10. The van der Waals surface area contributed by atoms with Gasteiger partial charge in [0, 0.05) is 11.3 Å². The zero-order valence-corrected chi connectivity index (χ0v) is 10.6. The zero-order valence-electron chi connectivity index (χ0n) is 10.6. The molecule has 0 saturated heterocycles. The molecule has 0 saturated carbocycles. The maximum atomic E-state index is 14.0. The second-order valence-corrected chi connectivity index (χ2v) is 4.86. The molecule has 2 aromatic rings. The van der Waals surface area contributed by atoms with E-state index in [0.29, 0.717) is 12.1 Å². The van der Waals surface area contributed by atoms with Gasteiger partial charge in [-0.25, -0.2) is 9.37 Å². The number of hydrogen-bond donors (Lipinski definition) is 0. The van der Waals surface area contributed by atoms with Gasteiger partial charge in [-0.3, -0.25) is 0 Å². The van der Waals surface area contributed by atoms with E-state index in [9.17, 15) is 4.39 Å². The summed E-state index contributed by atoms with van der Waals surface area (Å²) in [5.41, 5.74) is 3.01. The van der Waals surface area contributed by atoms with E-state index in [-0.39, 0.29) is 5.56 Å². The lowest BCUT2D eigenvalue weighted by molar-refractivity contribution is 0.583. The average molecular weight is 255 g/mol. The second-order valence-electron chi connectivity index (χ2n) is 4.86. The van der Waals surface area contributed by atoms with Crippen LogP contribution in [0.4, 0.5) is 4.39 Å². The van der Waals surface area contributed by atoms with Gasteiger partial charge in [0.25, 0.3) is 0 Å². The van der Waals surface area contributed by atoms with Gasteiger partial charge in [-0.2, -0.15) is 5.26 Å². The Morgan fingerprint density at radius 2 is 2.16 bits per heavy atom. The van der Waals surface area contributed by atoms with Crippen molar-refractivity contribution in [1.82, 2.24) is 9.55 Å².